The second-order valence-corrected chi connectivity index (χ2v) is 6.07. The van der Waals surface area contributed by atoms with Crippen LogP contribution in [-0.4, -0.2) is 26.0 Å². The van der Waals surface area contributed by atoms with Gasteiger partial charge in [0.15, 0.2) is 9.84 Å². The maximum atomic E-state index is 13.2. The lowest BCUT2D eigenvalue weighted by atomic mass is 10.2. The van der Waals surface area contributed by atoms with Crippen molar-refractivity contribution in [3.63, 3.8) is 0 Å². The Bertz CT molecular complexity index is 481. The van der Waals surface area contributed by atoms with E-state index in [0.717, 1.165) is 12.1 Å². The predicted octanol–water partition coefficient (Wildman–Crippen LogP) is 1.56. The van der Waals surface area contributed by atoms with E-state index in [0.29, 0.717) is 6.42 Å². The van der Waals surface area contributed by atoms with Crippen LogP contribution < -0.4 is 5.32 Å². The van der Waals surface area contributed by atoms with Crippen molar-refractivity contribution in [2.24, 2.45) is 0 Å². The van der Waals surface area contributed by atoms with E-state index in [4.69, 9.17) is 0 Å². The van der Waals surface area contributed by atoms with Crippen molar-refractivity contribution in [1.29, 1.82) is 0 Å². The molecule has 1 aromatic rings. The van der Waals surface area contributed by atoms with Crippen LogP contribution >= 0.6 is 0 Å². The molecule has 2 rings (SSSR count). The summed E-state index contributed by atoms with van der Waals surface area (Å²) in [5.74, 6) is -1.41. The molecule has 0 amide bonds. The maximum Gasteiger partial charge on any atom is 0.152 e. The molecule has 3 nitrogen and oxygen atoms in total. The molecule has 0 aliphatic carbocycles. The molecular formula is C10H11F2NO2S. The van der Waals surface area contributed by atoms with Crippen molar-refractivity contribution in [3.8, 4) is 0 Å². The molecule has 0 bridgehead atoms. The van der Waals surface area contributed by atoms with Gasteiger partial charge in [-0.3, -0.25) is 0 Å². The smallest absolute Gasteiger partial charge is 0.152 e. The largest absolute Gasteiger partial charge is 0.377 e. The molecule has 6 heteroatoms. The van der Waals surface area contributed by atoms with Gasteiger partial charge < -0.3 is 5.32 Å². The highest BCUT2D eigenvalue weighted by Gasteiger charge is 2.28. The lowest BCUT2D eigenvalue weighted by molar-refractivity contribution is 0.582. The lowest BCUT2D eigenvalue weighted by Crippen LogP contribution is -2.22. The second kappa shape index (κ2) is 4.01. The fraction of sp³-hybridized carbons (Fsp3) is 0.400. The van der Waals surface area contributed by atoms with Gasteiger partial charge in [0.1, 0.15) is 17.3 Å². The monoisotopic (exact) mass is 247 g/mol. The van der Waals surface area contributed by atoms with E-state index in [1.807, 2.05) is 0 Å². The Morgan fingerprint density at radius 1 is 1.25 bits per heavy atom. The summed E-state index contributed by atoms with van der Waals surface area (Å²) in [5.41, 5.74) is -0.246. The van der Waals surface area contributed by atoms with Gasteiger partial charge in [-0.25, -0.2) is 17.2 Å². The van der Waals surface area contributed by atoms with E-state index in [9.17, 15) is 17.2 Å². The van der Waals surface area contributed by atoms with Crippen molar-refractivity contribution >= 4 is 15.5 Å². The molecule has 0 spiro atoms. The summed E-state index contributed by atoms with van der Waals surface area (Å²) in [7, 11) is -3.05. The average Bonchev–Trinajstić information content (AvgIpc) is 2.52. The number of nitrogens with one attached hydrogen (secondary N) is 1. The van der Waals surface area contributed by atoms with E-state index in [1.165, 1.54) is 6.07 Å². The zero-order valence-electron chi connectivity index (χ0n) is 8.41. The molecule has 1 aliphatic rings. The molecule has 1 heterocycles. The van der Waals surface area contributed by atoms with E-state index in [2.05, 4.69) is 5.32 Å². The molecular weight excluding hydrogens is 236 g/mol. The van der Waals surface area contributed by atoms with Crippen molar-refractivity contribution in [2.45, 2.75) is 12.5 Å². The van der Waals surface area contributed by atoms with Gasteiger partial charge in [-0.2, -0.15) is 0 Å². The second-order valence-electron chi connectivity index (χ2n) is 3.84. The number of rotatable bonds is 2. The van der Waals surface area contributed by atoms with Gasteiger partial charge in [0, 0.05) is 6.04 Å². The molecule has 0 aromatic heterocycles. The minimum Gasteiger partial charge on any atom is -0.377 e. The van der Waals surface area contributed by atoms with Crippen LogP contribution in [0.2, 0.25) is 0 Å². The van der Waals surface area contributed by atoms with Crippen molar-refractivity contribution in [1.82, 2.24) is 0 Å². The van der Waals surface area contributed by atoms with Crippen LogP contribution in [0.4, 0.5) is 14.5 Å². The summed E-state index contributed by atoms with van der Waals surface area (Å²) in [6.45, 7) is 0. The quantitative estimate of drug-likeness (QED) is 0.862. The standard InChI is InChI=1S/C10H11F2NO2S/c11-8-2-1-3-9(12)10(8)13-7-4-5-16(14,15)6-7/h1-3,7,13H,4-6H2. The molecule has 0 radical (unpaired) electrons. The molecule has 16 heavy (non-hydrogen) atoms. The van der Waals surface area contributed by atoms with Crippen LogP contribution in [-0.2, 0) is 9.84 Å². The van der Waals surface area contributed by atoms with Gasteiger partial charge in [0.05, 0.1) is 11.5 Å². The first-order chi connectivity index (χ1) is 7.48. The zero-order valence-corrected chi connectivity index (χ0v) is 9.23. The van der Waals surface area contributed by atoms with Crippen LogP contribution in [0.1, 0.15) is 6.42 Å². The van der Waals surface area contributed by atoms with Crippen LogP contribution in [0.25, 0.3) is 0 Å². The number of para-hydroxylation sites is 1. The van der Waals surface area contributed by atoms with Crippen molar-refractivity contribution < 1.29 is 17.2 Å². The Labute approximate surface area is 92.4 Å². The fourth-order valence-corrected chi connectivity index (χ4v) is 3.42. The number of benzene rings is 1. The molecule has 1 fully saturated rings. The topological polar surface area (TPSA) is 46.2 Å². The van der Waals surface area contributed by atoms with Crippen LogP contribution in [0.5, 0.6) is 0 Å². The van der Waals surface area contributed by atoms with Gasteiger partial charge in [-0.15, -0.1) is 0 Å². The van der Waals surface area contributed by atoms with Gasteiger partial charge in [-0.05, 0) is 18.6 Å². The summed E-state index contributed by atoms with van der Waals surface area (Å²) in [5, 5.41) is 2.60. The summed E-state index contributed by atoms with van der Waals surface area (Å²) in [6, 6.07) is 3.13. The summed E-state index contributed by atoms with van der Waals surface area (Å²) < 4.78 is 48.8. The Kier molecular flexibility index (Phi) is 2.84. The average molecular weight is 247 g/mol. The Morgan fingerprint density at radius 2 is 1.88 bits per heavy atom. The lowest BCUT2D eigenvalue weighted by Gasteiger charge is -2.13. The first-order valence-corrected chi connectivity index (χ1v) is 6.71. The van der Waals surface area contributed by atoms with Gasteiger partial charge in [0.2, 0.25) is 0 Å². The third kappa shape index (κ3) is 2.32. The van der Waals surface area contributed by atoms with Crippen molar-refractivity contribution in [3.05, 3.63) is 29.8 Å². The van der Waals surface area contributed by atoms with Crippen LogP contribution in [0, 0.1) is 11.6 Å². The number of sulfone groups is 1. The minimum atomic E-state index is -3.05. The summed E-state index contributed by atoms with van der Waals surface area (Å²) in [4.78, 5) is 0. The Hall–Kier alpha value is -1.17. The third-order valence-electron chi connectivity index (χ3n) is 2.54. The predicted molar refractivity (Wildman–Crippen MR) is 57.0 cm³/mol. The number of anilines is 1. The summed E-state index contributed by atoms with van der Waals surface area (Å²) in [6.07, 6.45) is 0.385. The molecule has 88 valence electrons. The van der Waals surface area contributed by atoms with Gasteiger partial charge in [-0.1, -0.05) is 6.07 Å². The number of hydrogen-bond acceptors (Lipinski definition) is 3. The maximum absolute atomic E-state index is 13.2. The fourth-order valence-electron chi connectivity index (χ4n) is 1.75. The highest BCUT2D eigenvalue weighted by Crippen LogP contribution is 2.22. The molecule has 1 aliphatic heterocycles. The molecule has 0 saturated carbocycles. The SMILES string of the molecule is O=S1(=O)CCC(Nc2c(F)cccc2F)C1. The van der Waals surface area contributed by atoms with Gasteiger partial charge in [0.25, 0.3) is 0 Å². The highest BCUT2D eigenvalue weighted by atomic mass is 32.2. The number of hydrogen-bond donors (Lipinski definition) is 1. The van der Waals surface area contributed by atoms with E-state index in [-0.39, 0.29) is 17.2 Å². The molecule has 1 saturated heterocycles. The first kappa shape index (κ1) is 11.3. The van der Waals surface area contributed by atoms with Gasteiger partial charge >= 0.3 is 0 Å². The third-order valence-corrected chi connectivity index (χ3v) is 4.31. The molecule has 1 atom stereocenters. The highest BCUT2D eigenvalue weighted by molar-refractivity contribution is 7.91. The zero-order chi connectivity index (χ0) is 11.8. The Morgan fingerprint density at radius 3 is 2.38 bits per heavy atom. The normalized spacial score (nSPS) is 23.2. The molecule has 1 unspecified atom stereocenters. The first-order valence-electron chi connectivity index (χ1n) is 4.89. The van der Waals surface area contributed by atoms with E-state index < -0.39 is 27.5 Å². The molecule has 1 aromatic carbocycles. The van der Waals surface area contributed by atoms with Crippen LogP contribution in [0.3, 0.4) is 0 Å². The van der Waals surface area contributed by atoms with Crippen molar-refractivity contribution in [2.75, 3.05) is 16.8 Å². The number of halogens is 2. The Balaban J connectivity index is 2.16. The molecule has 1 N–H and O–H groups in total. The minimum absolute atomic E-state index is 0.0687. The summed E-state index contributed by atoms with van der Waals surface area (Å²) >= 11 is 0. The van der Waals surface area contributed by atoms with E-state index >= 15 is 0 Å². The van der Waals surface area contributed by atoms with E-state index in [1.54, 1.807) is 0 Å². The van der Waals surface area contributed by atoms with Crippen LogP contribution in [0.15, 0.2) is 18.2 Å².